The van der Waals surface area contributed by atoms with E-state index < -0.39 is 47.4 Å². The second kappa shape index (κ2) is 14.0. The van der Waals surface area contributed by atoms with Crippen LogP contribution in [0.4, 0.5) is 26.3 Å². The predicted molar refractivity (Wildman–Crippen MR) is 146 cm³/mol. The third-order valence-corrected chi connectivity index (χ3v) is 7.20. The van der Waals surface area contributed by atoms with Gasteiger partial charge in [0.15, 0.2) is 11.5 Å². The number of thiophene rings is 1. The van der Waals surface area contributed by atoms with E-state index in [1.165, 1.54) is 30.5 Å². The van der Waals surface area contributed by atoms with Crippen LogP contribution in [0.1, 0.15) is 45.3 Å². The van der Waals surface area contributed by atoms with Crippen molar-refractivity contribution < 1.29 is 45.4 Å². The molecule has 0 atom stereocenters. The number of amides is 2. The minimum Gasteiger partial charge on any atom is -0.493 e. The first kappa shape index (κ1) is 32.8. The van der Waals surface area contributed by atoms with Gasteiger partial charge in [-0.15, -0.1) is 11.3 Å². The molecule has 0 bridgehead atoms. The lowest BCUT2D eigenvalue weighted by molar-refractivity contribution is -0.143. The molecule has 0 aliphatic heterocycles. The summed E-state index contributed by atoms with van der Waals surface area (Å²) in [6, 6.07) is 9.68. The van der Waals surface area contributed by atoms with Crippen LogP contribution in [0.3, 0.4) is 0 Å². The van der Waals surface area contributed by atoms with E-state index in [-0.39, 0.29) is 25.7 Å². The first-order valence-electron chi connectivity index (χ1n) is 12.9. The third kappa shape index (κ3) is 8.63. The zero-order valence-corrected chi connectivity index (χ0v) is 24.0. The van der Waals surface area contributed by atoms with Gasteiger partial charge in [0.1, 0.15) is 6.54 Å². The Morgan fingerprint density at radius 1 is 0.833 bits per heavy atom. The van der Waals surface area contributed by atoms with Gasteiger partial charge in [-0.1, -0.05) is 19.1 Å². The van der Waals surface area contributed by atoms with Crippen molar-refractivity contribution in [2.75, 3.05) is 33.9 Å². The molecular formula is C29H30F6N2O4S. The largest absolute Gasteiger partial charge is 0.493 e. The van der Waals surface area contributed by atoms with Gasteiger partial charge in [-0.3, -0.25) is 9.59 Å². The topological polar surface area (TPSA) is 59.1 Å². The summed E-state index contributed by atoms with van der Waals surface area (Å²) in [5.41, 5.74) is -3.16. The number of nitrogens with zero attached hydrogens (tertiary/aromatic N) is 2. The summed E-state index contributed by atoms with van der Waals surface area (Å²) >= 11 is 1.42. The van der Waals surface area contributed by atoms with Crippen molar-refractivity contribution in [3.8, 4) is 11.5 Å². The summed E-state index contributed by atoms with van der Waals surface area (Å²) in [4.78, 5) is 30.1. The second-order valence-electron chi connectivity index (χ2n) is 9.36. The molecule has 0 N–H and O–H groups in total. The van der Waals surface area contributed by atoms with E-state index in [1.807, 2.05) is 23.6 Å². The first-order chi connectivity index (χ1) is 19.8. The Hall–Kier alpha value is -3.74. The van der Waals surface area contributed by atoms with E-state index in [1.54, 1.807) is 19.1 Å². The molecule has 0 saturated carbocycles. The van der Waals surface area contributed by atoms with Crippen LogP contribution in [0.15, 0.2) is 53.9 Å². The van der Waals surface area contributed by atoms with E-state index in [9.17, 15) is 35.9 Å². The second-order valence-corrected chi connectivity index (χ2v) is 10.4. The van der Waals surface area contributed by atoms with Gasteiger partial charge in [0.05, 0.1) is 31.9 Å². The predicted octanol–water partition coefficient (Wildman–Crippen LogP) is 6.93. The number of benzene rings is 2. The third-order valence-electron chi connectivity index (χ3n) is 6.34. The fourth-order valence-corrected chi connectivity index (χ4v) is 4.95. The fourth-order valence-electron chi connectivity index (χ4n) is 4.23. The molecular weight excluding hydrogens is 586 g/mol. The molecule has 3 aromatic rings. The van der Waals surface area contributed by atoms with Crippen LogP contribution in [0.2, 0.25) is 0 Å². The average Bonchev–Trinajstić information content (AvgIpc) is 3.46. The monoisotopic (exact) mass is 616 g/mol. The fraction of sp³-hybridized carbons (Fsp3) is 0.379. The van der Waals surface area contributed by atoms with Gasteiger partial charge >= 0.3 is 12.4 Å². The normalized spacial score (nSPS) is 11.7. The summed E-state index contributed by atoms with van der Waals surface area (Å²) in [5, 5.41) is 1.84. The van der Waals surface area contributed by atoms with Crippen molar-refractivity contribution in [1.82, 2.24) is 9.80 Å². The van der Waals surface area contributed by atoms with Gasteiger partial charge in [-0.05, 0) is 60.2 Å². The zero-order valence-electron chi connectivity index (χ0n) is 23.1. The van der Waals surface area contributed by atoms with Crippen molar-refractivity contribution in [2.45, 2.75) is 38.7 Å². The highest BCUT2D eigenvalue weighted by molar-refractivity contribution is 7.09. The van der Waals surface area contributed by atoms with Gasteiger partial charge in [0.25, 0.3) is 5.91 Å². The zero-order chi connectivity index (χ0) is 31.1. The molecule has 0 fully saturated rings. The molecule has 42 heavy (non-hydrogen) atoms. The molecule has 2 amide bonds. The smallest absolute Gasteiger partial charge is 0.416 e. The van der Waals surface area contributed by atoms with E-state index in [2.05, 4.69) is 0 Å². The number of rotatable bonds is 12. The van der Waals surface area contributed by atoms with Crippen LogP contribution in [0.5, 0.6) is 11.5 Å². The summed E-state index contributed by atoms with van der Waals surface area (Å²) < 4.78 is 90.9. The maximum absolute atomic E-state index is 13.5. The number of alkyl halides is 6. The number of carbonyl (C=O) groups is 2. The number of carbonyl (C=O) groups excluding carboxylic acids is 2. The molecule has 3 rings (SSSR count). The Balaban J connectivity index is 1.87. The van der Waals surface area contributed by atoms with E-state index in [4.69, 9.17) is 9.47 Å². The molecule has 6 nitrogen and oxygen atoms in total. The molecule has 0 unspecified atom stereocenters. The molecule has 1 aromatic heterocycles. The Bertz CT molecular complexity index is 1330. The summed E-state index contributed by atoms with van der Waals surface area (Å²) in [6.45, 7) is 1.53. The van der Waals surface area contributed by atoms with Gasteiger partial charge in [-0.25, -0.2) is 0 Å². The van der Waals surface area contributed by atoms with Crippen molar-refractivity contribution in [1.29, 1.82) is 0 Å². The molecule has 0 radical (unpaired) electrons. The Morgan fingerprint density at radius 3 is 2.00 bits per heavy atom. The van der Waals surface area contributed by atoms with Crippen molar-refractivity contribution in [3.63, 3.8) is 0 Å². The first-order valence-corrected chi connectivity index (χ1v) is 13.7. The van der Waals surface area contributed by atoms with Gasteiger partial charge in [0, 0.05) is 23.5 Å². The number of hydrogen-bond donors (Lipinski definition) is 0. The molecule has 0 spiro atoms. The number of methoxy groups -OCH3 is 2. The summed E-state index contributed by atoms with van der Waals surface area (Å²) in [6.07, 6.45) is -9.49. The van der Waals surface area contributed by atoms with Crippen LogP contribution < -0.4 is 9.47 Å². The summed E-state index contributed by atoms with van der Waals surface area (Å²) in [7, 11) is 3.00. The highest BCUT2D eigenvalue weighted by Crippen LogP contribution is 2.36. The SMILES string of the molecule is CCCN(CC(=O)N(CCc1ccc(OC)c(OC)c1)Cc1cccs1)C(=O)c1cc(C(F)(F)F)cc(C(F)(F)F)c1. The lowest BCUT2D eigenvalue weighted by atomic mass is 10.0. The van der Waals surface area contributed by atoms with Crippen molar-refractivity contribution in [3.05, 3.63) is 81.0 Å². The Morgan fingerprint density at radius 2 is 1.48 bits per heavy atom. The minimum atomic E-state index is -5.11. The van der Waals surface area contributed by atoms with E-state index in [0.717, 1.165) is 15.3 Å². The van der Waals surface area contributed by atoms with E-state index >= 15 is 0 Å². The van der Waals surface area contributed by atoms with Crippen LogP contribution in [-0.4, -0.2) is 55.5 Å². The van der Waals surface area contributed by atoms with Crippen LogP contribution in [0.25, 0.3) is 0 Å². The highest BCUT2D eigenvalue weighted by atomic mass is 32.1. The molecule has 0 aliphatic carbocycles. The standard InChI is InChI=1S/C29H30F6N2O4S/c1-4-10-37(27(39)20-14-21(28(30,31)32)16-22(15-20)29(33,34)35)18-26(38)36(17-23-6-5-12-42-23)11-9-19-7-8-24(40-2)25(13-19)41-3/h5-8,12-16H,4,9-11,17-18H2,1-3H3. The van der Waals surface area contributed by atoms with Crippen LogP contribution in [-0.2, 0) is 30.1 Å². The van der Waals surface area contributed by atoms with Gasteiger partial charge in [-0.2, -0.15) is 26.3 Å². The average molecular weight is 617 g/mol. The quantitative estimate of drug-likeness (QED) is 0.207. The van der Waals surface area contributed by atoms with E-state index in [0.29, 0.717) is 36.5 Å². The Labute approximate surface area is 243 Å². The lowest BCUT2D eigenvalue weighted by Crippen LogP contribution is -2.43. The maximum atomic E-state index is 13.5. The molecule has 228 valence electrons. The van der Waals surface area contributed by atoms with Crippen LogP contribution >= 0.6 is 11.3 Å². The lowest BCUT2D eigenvalue weighted by Gasteiger charge is -2.28. The van der Waals surface area contributed by atoms with Gasteiger partial charge in [0.2, 0.25) is 5.91 Å². The number of ether oxygens (including phenoxy) is 2. The molecule has 13 heteroatoms. The number of halogens is 6. The molecule has 0 saturated heterocycles. The number of hydrogen-bond acceptors (Lipinski definition) is 5. The van der Waals surface area contributed by atoms with Crippen LogP contribution in [0, 0.1) is 0 Å². The minimum absolute atomic E-state index is 0.0387. The molecule has 1 heterocycles. The van der Waals surface area contributed by atoms with Crippen molar-refractivity contribution >= 4 is 23.2 Å². The molecule has 2 aromatic carbocycles. The Kier molecular flexibility index (Phi) is 10.9. The van der Waals surface area contributed by atoms with Gasteiger partial charge < -0.3 is 19.3 Å². The van der Waals surface area contributed by atoms with Crippen molar-refractivity contribution in [2.24, 2.45) is 0 Å². The summed E-state index contributed by atoms with van der Waals surface area (Å²) in [5.74, 6) is -0.568. The highest BCUT2D eigenvalue weighted by Gasteiger charge is 2.38. The maximum Gasteiger partial charge on any atom is 0.416 e. The molecule has 0 aliphatic rings.